The highest BCUT2D eigenvalue weighted by atomic mass is 127. The Bertz CT molecular complexity index is 425. The van der Waals surface area contributed by atoms with Crippen molar-refractivity contribution in [2.75, 3.05) is 13.6 Å². The van der Waals surface area contributed by atoms with Crippen LogP contribution in [-0.4, -0.2) is 31.7 Å². The Morgan fingerprint density at radius 2 is 1.90 bits per heavy atom. The molecule has 2 atom stereocenters. The van der Waals surface area contributed by atoms with E-state index in [1.54, 1.807) is 19.2 Å². The van der Waals surface area contributed by atoms with Gasteiger partial charge in [0.2, 0.25) is 0 Å². The zero-order valence-electron chi connectivity index (χ0n) is 13.0. The topological polar surface area (TPSA) is 45.7 Å². The van der Waals surface area contributed by atoms with Crippen molar-refractivity contribution in [2.24, 2.45) is 4.99 Å². The molecule has 21 heavy (non-hydrogen) atoms. The van der Waals surface area contributed by atoms with Gasteiger partial charge in [-0.15, -0.1) is 24.0 Å². The monoisotopic (exact) mass is 409 g/mol. The van der Waals surface area contributed by atoms with Crippen LogP contribution in [0.4, 0.5) is 4.39 Å². The Labute approximate surface area is 143 Å². The lowest BCUT2D eigenvalue weighted by molar-refractivity contribution is 0.223. The zero-order chi connectivity index (χ0) is 15.0. The number of rotatable bonds is 6. The molecule has 1 rings (SSSR count). The second-order valence-electron chi connectivity index (χ2n) is 4.79. The summed E-state index contributed by atoms with van der Waals surface area (Å²) in [5, 5.41) is 6.48. The molecule has 0 bridgehead atoms. The molecule has 0 aliphatic rings. The SMILES string of the molecule is CCC(C)NC(=NC)NCC(C)Oc1ccc(F)cc1.I. The largest absolute Gasteiger partial charge is 0.489 e. The van der Waals surface area contributed by atoms with E-state index in [4.69, 9.17) is 4.74 Å². The second kappa shape index (κ2) is 10.6. The molecule has 0 heterocycles. The molecule has 0 saturated carbocycles. The molecule has 120 valence electrons. The summed E-state index contributed by atoms with van der Waals surface area (Å²) in [6.07, 6.45) is 0.985. The summed E-state index contributed by atoms with van der Waals surface area (Å²) in [4.78, 5) is 4.16. The van der Waals surface area contributed by atoms with Crippen molar-refractivity contribution in [2.45, 2.75) is 39.3 Å². The molecule has 0 amide bonds. The normalized spacial score (nSPS) is 13.9. The van der Waals surface area contributed by atoms with E-state index >= 15 is 0 Å². The quantitative estimate of drug-likeness (QED) is 0.431. The van der Waals surface area contributed by atoms with E-state index in [2.05, 4.69) is 29.5 Å². The number of benzene rings is 1. The Kier molecular flexibility index (Phi) is 10.1. The summed E-state index contributed by atoms with van der Waals surface area (Å²) in [5.41, 5.74) is 0. The zero-order valence-corrected chi connectivity index (χ0v) is 15.4. The molecule has 6 heteroatoms. The molecule has 0 fully saturated rings. The first-order valence-corrected chi connectivity index (χ1v) is 6.94. The van der Waals surface area contributed by atoms with Crippen molar-refractivity contribution in [1.82, 2.24) is 10.6 Å². The first kappa shape index (κ1) is 19.9. The van der Waals surface area contributed by atoms with E-state index in [0.29, 0.717) is 18.3 Å². The highest BCUT2D eigenvalue weighted by molar-refractivity contribution is 14.0. The molecule has 2 unspecified atom stereocenters. The van der Waals surface area contributed by atoms with Crippen LogP contribution in [0.5, 0.6) is 5.75 Å². The standard InChI is InChI=1S/C15H24FN3O.HI/c1-5-11(2)19-15(17-4)18-10-12(3)20-14-8-6-13(16)7-9-14;/h6-9,11-12H,5,10H2,1-4H3,(H2,17,18,19);1H. The van der Waals surface area contributed by atoms with E-state index in [-0.39, 0.29) is 35.9 Å². The third-order valence-electron chi connectivity index (χ3n) is 2.93. The van der Waals surface area contributed by atoms with E-state index < -0.39 is 0 Å². The number of halogens is 2. The molecule has 0 radical (unpaired) electrons. The second-order valence-corrected chi connectivity index (χ2v) is 4.79. The van der Waals surface area contributed by atoms with Crippen molar-refractivity contribution in [3.63, 3.8) is 0 Å². The van der Waals surface area contributed by atoms with Gasteiger partial charge in [-0.05, 0) is 44.5 Å². The summed E-state index contributed by atoms with van der Waals surface area (Å²) >= 11 is 0. The maximum Gasteiger partial charge on any atom is 0.191 e. The predicted molar refractivity (Wildman–Crippen MR) is 96.2 cm³/mol. The Balaban J connectivity index is 0.00000400. The molecular weight excluding hydrogens is 384 g/mol. The van der Waals surface area contributed by atoms with Gasteiger partial charge in [-0.25, -0.2) is 4.39 Å². The van der Waals surface area contributed by atoms with Crippen LogP contribution >= 0.6 is 24.0 Å². The molecule has 0 aromatic heterocycles. The van der Waals surface area contributed by atoms with Crippen molar-refractivity contribution in [3.05, 3.63) is 30.1 Å². The molecule has 0 aliphatic carbocycles. The lowest BCUT2D eigenvalue weighted by Crippen LogP contribution is -2.45. The van der Waals surface area contributed by atoms with Gasteiger partial charge in [0.05, 0.1) is 6.54 Å². The molecule has 0 saturated heterocycles. The van der Waals surface area contributed by atoms with E-state index in [0.717, 1.165) is 12.4 Å². The first-order valence-electron chi connectivity index (χ1n) is 6.94. The van der Waals surface area contributed by atoms with Gasteiger partial charge in [-0.3, -0.25) is 4.99 Å². The molecular formula is C15H25FIN3O. The minimum atomic E-state index is -0.263. The fraction of sp³-hybridized carbons (Fsp3) is 0.533. The summed E-state index contributed by atoms with van der Waals surface area (Å²) in [6, 6.07) is 6.39. The molecule has 0 aliphatic heterocycles. The van der Waals surface area contributed by atoms with Crippen molar-refractivity contribution in [3.8, 4) is 5.75 Å². The van der Waals surface area contributed by atoms with Crippen LogP contribution < -0.4 is 15.4 Å². The van der Waals surface area contributed by atoms with Crippen LogP contribution in [0.2, 0.25) is 0 Å². The Morgan fingerprint density at radius 3 is 2.43 bits per heavy atom. The van der Waals surface area contributed by atoms with Gasteiger partial charge in [-0.2, -0.15) is 0 Å². The summed E-state index contributed by atoms with van der Waals surface area (Å²) in [5.74, 6) is 1.15. The van der Waals surface area contributed by atoms with Crippen molar-refractivity contribution in [1.29, 1.82) is 0 Å². The highest BCUT2D eigenvalue weighted by Gasteiger charge is 2.07. The number of nitrogens with one attached hydrogen (secondary N) is 2. The van der Waals surface area contributed by atoms with Crippen LogP contribution in [0, 0.1) is 5.82 Å². The number of aliphatic imine (C=N–C) groups is 1. The number of guanidine groups is 1. The van der Waals surface area contributed by atoms with Gasteiger partial charge in [0, 0.05) is 13.1 Å². The summed E-state index contributed by atoms with van der Waals surface area (Å²) < 4.78 is 18.5. The number of ether oxygens (including phenoxy) is 1. The molecule has 4 nitrogen and oxygen atoms in total. The fourth-order valence-corrected chi connectivity index (χ4v) is 1.56. The van der Waals surface area contributed by atoms with Gasteiger partial charge >= 0.3 is 0 Å². The number of hydrogen-bond acceptors (Lipinski definition) is 2. The maximum absolute atomic E-state index is 12.8. The van der Waals surface area contributed by atoms with Gasteiger partial charge in [0.25, 0.3) is 0 Å². The van der Waals surface area contributed by atoms with Crippen LogP contribution in [0.3, 0.4) is 0 Å². The first-order chi connectivity index (χ1) is 9.55. The predicted octanol–water partition coefficient (Wildman–Crippen LogP) is 3.17. The molecule has 1 aromatic rings. The minimum Gasteiger partial charge on any atom is -0.489 e. The van der Waals surface area contributed by atoms with Crippen LogP contribution in [0.1, 0.15) is 27.2 Å². The average Bonchev–Trinajstić information content (AvgIpc) is 2.45. The molecule has 0 spiro atoms. The smallest absolute Gasteiger partial charge is 0.191 e. The third kappa shape index (κ3) is 8.08. The van der Waals surface area contributed by atoms with Gasteiger partial charge in [0.1, 0.15) is 17.7 Å². The Hall–Kier alpha value is -1.05. The summed E-state index contributed by atoms with van der Waals surface area (Å²) in [7, 11) is 1.74. The van der Waals surface area contributed by atoms with Crippen molar-refractivity contribution >= 4 is 29.9 Å². The van der Waals surface area contributed by atoms with E-state index in [1.165, 1.54) is 12.1 Å². The number of nitrogens with zero attached hydrogens (tertiary/aromatic N) is 1. The van der Waals surface area contributed by atoms with Gasteiger partial charge in [0.15, 0.2) is 5.96 Å². The van der Waals surface area contributed by atoms with Gasteiger partial charge < -0.3 is 15.4 Å². The fourth-order valence-electron chi connectivity index (χ4n) is 1.56. The van der Waals surface area contributed by atoms with Crippen LogP contribution in [0.15, 0.2) is 29.3 Å². The minimum absolute atomic E-state index is 0. The van der Waals surface area contributed by atoms with Crippen LogP contribution in [-0.2, 0) is 0 Å². The average molecular weight is 409 g/mol. The number of hydrogen-bond donors (Lipinski definition) is 2. The van der Waals surface area contributed by atoms with Gasteiger partial charge in [-0.1, -0.05) is 6.92 Å². The van der Waals surface area contributed by atoms with E-state index in [9.17, 15) is 4.39 Å². The molecule has 1 aromatic carbocycles. The lowest BCUT2D eigenvalue weighted by Gasteiger charge is -2.19. The van der Waals surface area contributed by atoms with Crippen LogP contribution in [0.25, 0.3) is 0 Å². The highest BCUT2D eigenvalue weighted by Crippen LogP contribution is 2.12. The van der Waals surface area contributed by atoms with E-state index in [1.807, 2.05) is 6.92 Å². The van der Waals surface area contributed by atoms with Crippen molar-refractivity contribution < 1.29 is 9.13 Å². The Morgan fingerprint density at radius 1 is 1.29 bits per heavy atom. The maximum atomic E-state index is 12.8. The summed E-state index contributed by atoms with van der Waals surface area (Å²) in [6.45, 7) is 6.79. The molecule has 2 N–H and O–H groups in total. The lowest BCUT2D eigenvalue weighted by atomic mass is 10.3. The third-order valence-corrected chi connectivity index (χ3v) is 2.93.